The molecule has 1 aliphatic rings. The number of carbonyl (C=O) groups is 1. The molecule has 1 saturated heterocycles. The topological polar surface area (TPSA) is 57.4 Å². The molecule has 2 aromatic carbocycles. The number of amides is 1. The van der Waals surface area contributed by atoms with E-state index in [1.807, 2.05) is 48.5 Å². The van der Waals surface area contributed by atoms with Crippen molar-refractivity contribution >= 4 is 39.8 Å². The second-order valence-electron chi connectivity index (χ2n) is 7.08. The number of nitrogens with one attached hydrogen (secondary N) is 2. The highest BCUT2D eigenvalue weighted by Gasteiger charge is 2.22. The largest absolute Gasteiger partial charge is 0.372 e. The number of aromatic amines is 1. The summed E-state index contributed by atoms with van der Waals surface area (Å²) in [6, 6.07) is 15.3. The lowest BCUT2D eigenvalue weighted by molar-refractivity contribution is -0.00521. The van der Waals surface area contributed by atoms with Gasteiger partial charge in [-0.3, -0.25) is 4.79 Å². The van der Waals surface area contributed by atoms with Gasteiger partial charge in [-0.05, 0) is 56.3 Å². The summed E-state index contributed by atoms with van der Waals surface area (Å²) in [6.07, 6.45) is 0.423. The first-order valence-corrected chi connectivity index (χ1v) is 9.46. The zero-order valence-electron chi connectivity index (χ0n) is 15.3. The van der Waals surface area contributed by atoms with Gasteiger partial charge in [0.05, 0.1) is 12.2 Å². The third-order valence-electron chi connectivity index (χ3n) is 4.74. The molecule has 2 unspecified atom stereocenters. The highest BCUT2D eigenvalue weighted by Crippen LogP contribution is 2.24. The van der Waals surface area contributed by atoms with Crippen LogP contribution in [-0.2, 0) is 4.74 Å². The summed E-state index contributed by atoms with van der Waals surface area (Å²) < 4.78 is 5.79. The third-order valence-corrected chi connectivity index (χ3v) is 4.97. The van der Waals surface area contributed by atoms with E-state index < -0.39 is 0 Å². The molecule has 0 spiro atoms. The van der Waals surface area contributed by atoms with Gasteiger partial charge in [-0.25, -0.2) is 0 Å². The molecular weight excluding hydrogens is 362 g/mol. The predicted molar refractivity (Wildman–Crippen MR) is 110 cm³/mol. The van der Waals surface area contributed by atoms with E-state index in [4.69, 9.17) is 16.3 Å². The Morgan fingerprint density at radius 2 is 1.81 bits per heavy atom. The van der Waals surface area contributed by atoms with Gasteiger partial charge in [-0.1, -0.05) is 17.7 Å². The molecule has 4 rings (SSSR count). The number of H-pyrrole nitrogens is 1. The van der Waals surface area contributed by atoms with E-state index in [0.717, 1.165) is 35.4 Å². The van der Waals surface area contributed by atoms with Crippen LogP contribution in [-0.4, -0.2) is 36.2 Å². The van der Waals surface area contributed by atoms with Gasteiger partial charge in [0.25, 0.3) is 5.91 Å². The first-order valence-electron chi connectivity index (χ1n) is 9.08. The average Bonchev–Trinajstić information content (AvgIpc) is 3.05. The van der Waals surface area contributed by atoms with Gasteiger partial charge in [0.15, 0.2) is 0 Å². The Morgan fingerprint density at radius 1 is 1.11 bits per heavy atom. The molecular formula is C21H22ClN3O2. The maximum atomic E-state index is 12.5. The number of hydrogen-bond acceptors (Lipinski definition) is 3. The Hall–Kier alpha value is -2.50. The van der Waals surface area contributed by atoms with Crippen molar-refractivity contribution in [2.75, 3.05) is 23.3 Å². The van der Waals surface area contributed by atoms with Crippen LogP contribution in [0, 0.1) is 0 Å². The van der Waals surface area contributed by atoms with E-state index in [2.05, 4.69) is 29.0 Å². The molecule has 5 nitrogen and oxygen atoms in total. The molecule has 0 saturated carbocycles. The normalized spacial score (nSPS) is 20.0. The minimum absolute atomic E-state index is 0.177. The van der Waals surface area contributed by atoms with E-state index in [1.54, 1.807) is 0 Å². The van der Waals surface area contributed by atoms with Crippen LogP contribution in [0.3, 0.4) is 0 Å². The molecule has 0 aliphatic carbocycles. The van der Waals surface area contributed by atoms with Gasteiger partial charge < -0.3 is 19.9 Å². The summed E-state index contributed by atoms with van der Waals surface area (Å²) in [5.74, 6) is -0.177. The third kappa shape index (κ3) is 3.94. The Labute approximate surface area is 163 Å². The number of halogens is 1. The molecule has 27 heavy (non-hydrogen) atoms. The Bertz CT molecular complexity index is 957. The molecule has 6 heteroatoms. The van der Waals surface area contributed by atoms with E-state index in [9.17, 15) is 4.79 Å². The van der Waals surface area contributed by atoms with Crippen molar-refractivity contribution in [3.8, 4) is 0 Å². The van der Waals surface area contributed by atoms with E-state index in [-0.39, 0.29) is 18.1 Å². The highest BCUT2D eigenvalue weighted by atomic mass is 35.5. The number of hydrogen-bond donors (Lipinski definition) is 2. The molecule has 1 aliphatic heterocycles. The van der Waals surface area contributed by atoms with E-state index in [1.165, 1.54) is 0 Å². The molecule has 2 heterocycles. The Morgan fingerprint density at radius 3 is 2.52 bits per heavy atom. The fraction of sp³-hybridized carbons (Fsp3) is 0.286. The van der Waals surface area contributed by atoms with Gasteiger partial charge in [-0.2, -0.15) is 0 Å². The van der Waals surface area contributed by atoms with Crippen molar-refractivity contribution in [1.29, 1.82) is 0 Å². The van der Waals surface area contributed by atoms with Crippen LogP contribution in [0.1, 0.15) is 24.3 Å². The van der Waals surface area contributed by atoms with Crippen LogP contribution >= 0.6 is 11.6 Å². The molecule has 2 atom stereocenters. The first-order chi connectivity index (χ1) is 13.0. The Balaban J connectivity index is 1.46. The summed E-state index contributed by atoms with van der Waals surface area (Å²) in [5.41, 5.74) is 3.25. The zero-order valence-corrected chi connectivity index (χ0v) is 16.1. The smallest absolute Gasteiger partial charge is 0.272 e. The van der Waals surface area contributed by atoms with E-state index >= 15 is 0 Å². The lowest BCUT2D eigenvalue weighted by Gasteiger charge is -2.36. The fourth-order valence-electron chi connectivity index (χ4n) is 3.56. The first kappa shape index (κ1) is 17.9. The number of aromatic nitrogens is 1. The maximum Gasteiger partial charge on any atom is 0.272 e. The van der Waals surface area contributed by atoms with Crippen LogP contribution < -0.4 is 10.2 Å². The summed E-state index contributed by atoms with van der Waals surface area (Å²) in [7, 11) is 0. The lowest BCUT2D eigenvalue weighted by atomic mass is 10.2. The van der Waals surface area contributed by atoms with Crippen molar-refractivity contribution in [1.82, 2.24) is 4.98 Å². The zero-order chi connectivity index (χ0) is 19.0. The van der Waals surface area contributed by atoms with Crippen LogP contribution in [0.2, 0.25) is 5.02 Å². The number of anilines is 2. The standard InChI is InChI=1S/C21H22ClN3O2/c1-13-11-25(12-14(2)27-13)18-7-5-17(6-8-18)23-21(26)20-9-15-3-4-16(22)10-19(15)24-20/h3-10,13-14,24H,11-12H2,1-2H3,(H,23,26). The molecule has 1 amide bonds. The maximum absolute atomic E-state index is 12.5. The van der Waals surface area contributed by atoms with Gasteiger partial charge in [0.1, 0.15) is 5.69 Å². The lowest BCUT2D eigenvalue weighted by Crippen LogP contribution is -2.45. The monoisotopic (exact) mass is 383 g/mol. The van der Waals surface area contributed by atoms with Crippen LogP contribution in [0.4, 0.5) is 11.4 Å². The van der Waals surface area contributed by atoms with Crippen molar-refractivity contribution in [2.24, 2.45) is 0 Å². The molecule has 2 N–H and O–H groups in total. The van der Waals surface area contributed by atoms with E-state index in [0.29, 0.717) is 10.7 Å². The van der Waals surface area contributed by atoms with Crippen LogP contribution in [0.25, 0.3) is 10.9 Å². The minimum atomic E-state index is -0.177. The number of carbonyl (C=O) groups excluding carboxylic acids is 1. The number of benzene rings is 2. The fourth-order valence-corrected chi connectivity index (χ4v) is 3.74. The predicted octanol–water partition coefficient (Wildman–Crippen LogP) is 4.69. The van der Waals surface area contributed by atoms with Crippen LogP contribution in [0.15, 0.2) is 48.5 Å². The number of rotatable bonds is 3. The summed E-state index contributed by atoms with van der Waals surface area (Å²) in [5, 5.41) is 4.53. The van der Waals surface area contributed by atoms with Gasteiger partial charge in [-0.15, -0.1) is 0 Å². The molecule has 0 bridgehead atoms. The van der Waals surface area contributed by atoms with Gasteiger partial charge in [0, 0.05) is 40.4 Å². The number of ether oxygens (including phenoxy) is 1. The minimum Gasteiger partial charge on any atom is -0.372 e. The number of nitrogens with zero attached hydrogens (tertiary/aromatic N) is 1. The van der Waals surface area contributed by atoms with Crippen molar-refractivity contribution in [2.45, 2.75) is 26.1 Å². The second-order valence-corrected chi connectivity index (χ2v) is 7.51. The molecule has 1 aromatic heterocycles. The molecule has 3 aromatic rings. The quantitative estimate of drug-likeness (QED) is 0.690. The Kier molecular flexibility index (Phi) is 4.81. The van der Waals surface area contributed by atoms with Crippen LogP contribution in [0.5, 0.6) is 0 Å². The average molecular weight is 384 g/mol. The van der Waals surface area contributed by atoms with Gasteiger partial charge >= 0.3 is 0 Å². The summed E-state index contributed by atoms with van der Waals surface area (Å²) in [6.45, 7) is 5.91. The summed E-state index contributed by atoms with van der Waals surface area (Å²) in [4.78, 5) is 18.0. The number of fused-ring (bicyclic) bond motifs is 1. The highest BCUT2D eigenvalue weighted by molar-refractivity contribution is 6.31. The molecule has 1 fully saturated rings. The number of morpholine rings is 1. The van der Waals surface area contributed by atoms with Crippen molar-refractivity contribution in [3.63, 3.8) is 0 Å². The molecule has 0 radical (unpaired) electrons. The second kappa shape index (κ2) is 7.25. The van der Waals surface area contributed by atoms with Crippen molar-refractivity contribution in [3.05, 3.63) is 59.2 Å². The summed E-state index contributed by atoms with van der Waals surface area (Å²) >= 11 is 6.00. The molecule has 140 valence electrons. The van der Waals surface area contributed by atoms with Gasteiger partial charge in [0.2, 0.25) is 0 Å². The SMILES string of the molecule is CC1CN(c2ccc(NC(=O)c3cc4ccc(Cl)cc4[nH]3)cc2)CC(C)O1. The van der Waals surface area contributed by atoms with Crippen molar-refractivity contribution < 1.29 is 9.53 Å².